The Morgan fingerprint density at radius 3 is 1.92 bits per heavy atom. The number of carbonyl (C=O) groups is 3. The molecule has 0 aliphatic heterocycles. The summed E-state index contributed by atoms with van der Waals surface area (Å²) in [4.78, 5) is 38.1. The van der Waals surface area contributed by atoms with E-state index in [4.69, 9.17) is 16.0 Å². The van der Waals surface area contributed by atoms with Gasteiger partial charge in [0.2, 0.25) is 0 Å². The van der Waals surface area contributed by atoms with E-state index in [-0.39, 0.29) is 45.8 Å². The lowest BCUT2D eigenvalue weighted by molar-refractivity contribution is -0.145. The Balaban J connectivity index is 1.77. The predicted molar refractivity (Wildman–Crippen MR) is 134 cm³/mol. The van der Waals surface area contributed by atoms with Crippen LogP contribution in [0.5, 0.6) is 0 Å². The average Bonchev–Trinajstić information content (AvgIpc) is 3.19. The molecule has 36 heavy (non-hydrogen) atoms. The van der Waals surface area contributed by atoms with Crippen molar-refractivity contribution in [1.82, 2.24) is 0 Å². The zero-order chi connectivity index (χ0) is 26.6. The van der Waals surface area contributed by atoms with Crippen LogP contribution in [0.4, 0.5) is 0 Å². The van der Waals surface area contributed by atoms with Crippen molar-refractivity contribution in [2.24, 2.45) is 22.7 Å². The van der Waals surface area contributed by atoms with Gasteiger partial charge >= 0.3 is 5.97 Å². The van der Waals surface area contributed by atoms with Gasteiger partial charge in [0, 0.05) is 24.3 Å². The summed E-state index contributed by atoms with van der Waals surface area (Å²) in [7, 11) is 0. The Labute approximate surface area is 215 Å². The summed E-state index contributed by atoms with van der Waals surface area (Å²) in [5, 5.41) is 31.6. The van der Waals surface area contributed by atoms with E-state index >= 15 is 0 Å². The van der Waals surface area contributed by atoms with Gasteiger partial charge in [-0.25, -0.2) is 4.79 Å². The molecule has 2 fully saturated rings. The normalized spacial score (nSPS) is 28.6. The van der Waals surface area contributed by atoms with Crippen LogP contribution in [0, 0.1) is 22.7 Å². The Hall–Kier alpha value is -2.48. The molecule has 1 aromatic carbocycles. The second kappa shape index (κ2) is 9.43. The minimum atomic E-state index is -1.15. The van der Waals surface area contributed by atoms with Gasteiger partial charge in [0.05, 0.1) is 34.6 Å². The molecule has 0 bridgehead atoms. The number of furan rings is 1. The van der Waals surface area contributed by atoms with Gasteiger partial charge in [0.15, 0.2) is 0 Å². The highest BCUT2D eigenvalue weighted by Gasteiger charge is 2.53. The SMILES string of the molecule is CC1(C)CC(=O)[C@H](C(c2ccc(-c3ccc(C(=O)O)c(Cl)c3)o2)[C@@H]2C(=O)CC(C)(C)C[C@H]2O)[C@H](O)C1. The van der Waals surface area contributed by atoms with Crippen molar-refractivity contribution in [2.75, 3.05) is 0 Å². The van der Waals surface area contributed by atoms with Gasteiger partial charge in [-0.15, -0.1) is 0 Å². The molecule has 2 aromatic rings. The molecule has 194 valence electrons. The van der Waals surface area contributed by atoms with Crippen molar-refractivity contribution in [1.29, 1.82) is 0 Å². The first-order chi connectivity index (χ1) is 16.7. The van der Waals surface area contributed by atoms with Crippen molar-refractivity contribution in [3.63, 3.8) is 0 Å². The third-order valence-corrected chi connectivity index (χ3v) is 7.93. The fourth-order valence-corrected chi connectivity index (χ4v) is 6.39. The zero-order valence-corrected chi connectivity index (χ0v) is 21.7. The molecule has 0 amide bonds. The first kappa shape index (κ1) is 26.6. The molecular weight excluding hydrogens is 484 g/mol. The van der Waals surface area contributed by atoms with Crippen LogP contribution in [0.2, 0.25) is 5.02 Å². The Bertz CT molecular complexity index is 1150. The summed E-state index contributed by atoms with van der Waals surface area (Å²) in [6.07, 6.45) is -0.677. The highest BCUT2D eigenvalue weighted by atomic mass is 35.5. The molecular formula is C28H33ClO7. The van der Waals surface area contributed by atoms with Crippen molar-refractivity contribution in [3.05, 3.63) is 46.7 Å². The lowest BCUT2D eigenvalue weighted by atomic mass is 9.59. The second-order valence-electron chi connectivity index (χ2n) is 11.9. The fourth-order valence-electron chi connectivity index (χ4n) is 6.12. The molecule has 1 heterocycles. The maximum atomic E-state index is 13.4. The Morgan fingerprint density at radius 2 is 1.47 bits per heavy atom. The van der Waals surface area contributed by atoms with Crippen LogP contribution >= 0.6 is 11.6 Å². The fraction of sp³-hybridized carbons (Fsp3) is 0.536. The minimum absolute atomic E-state index is 0.0397. The zero-order valence-electron chi connectivity index (χ0n) is 21.0. The second-order valence-corrected chi connectivity index (χ2v) is 12.3. The van der Waals surface area contributed by atoms with Crippen LogP contribution in [0.25, 0.3) is 11.3 Å². The molecule has 2 aliphatic carbocycles. The Kier molecular flexibility index (Phi) is 6.97. The molecule has 3 N–H and O–H groups in total. The molecule has 0 spiro atoms. The van der Waals surface area contributed by atoms with Crippen molar-refractivity contribution < 1.29 is 34.1 Å². The molecule has 1 unspecified atom stereocenters. The number of Topliss-reactive ketones (excluding diaryl/α,β-unsaturated/α-hetero) is 2. The van der Waals surface area contributed by atoms with Gasteiger partial charge in [-0.3, -0.25) is 9.59 Å². The number of aliphatic hydroxyl groups excluding tert-OH is 2. The smallest absolute Gasteiger partial charge is 0.337 e. The first-order valence-corrected chi connectivity index (χ1v) is 12.6. The van der Waals surface area contributed by atoms with Gasteiger partial charge in [-0.2, -0.15) is 0 Å². The van der Waals surface area contributed by atoms with E-state index in [0.29, 0.717) is 29.9 Å². The van der Waals surface area contributed by atoms with Crippen LogP contribution in [0.3, 0.4) is 0 Å². The van der Waals surface area contributed by atoms with E-state index in [1.807, 2.05) is 27.7 Å². The number of carboxylic acid groups (broad SMARTS) is 1. The standard InChI is InChI=1S/C28H33ClO7/c1-27(2)10-17(30)23(18(31)11-27)25(24-19(32)12-28(3,4)13-20(24)33)22-8-7-21(36-22)14-5-6-15(26(34)35)16(29)9-14/h5-9,17,19,23-25,30,32H,10-13H2,1-4H3,(H,34,35)/t17-,19-,23-,24+,25?/m1/s1. The molecule has 2 aliphatic rings. The van der Waals surface area contributed by atoms with Crippen LogP contribution in [-0.4, -0.2) is 45.1 Å². The van der Waals surface area contributed by atoms with Gasteiger partial charge in [-0.05, 0) is 47.9 Å². The maximum Gasteiger partial charge on any atom is 0.337 e. The quantitative estimate of drug-likeness (QED) is 0.504. The Morgan fingerprint density at radius 1 is 0.944 bits per heavy atom. The number of halogens is 1. The average molecular weight is 517 g/mol. The van der Waals surface area contributed by atoms with E-state index in [2.05, 4.69) is 0 Å². The van der Waals surface area contributed by atoms with Crippen molar-refractivity contribution in [3.8, 4) is 11.3 Å². The summed E-state index contributed by atoms with van der Waals surface area (Å²) >= 11 is 6.14. The number of ketones is 2. The number of benzene rings is 1. The molecule has 0 saturated heterocycles. The maximum absolute atomic E-state index is 13.4. The molecule has 8 heteroatoms. The molecule has 4 rings (SSSR count). The van der Waals surface area contributed by atoms with Crippen LogP contribution in [0.15, 0.2) is 34.7 Å². The number of carbonyl (C=O) groups excluding carboxylic acids is 2. The molecule has 2 saturated carbocycles. The van der Waals surface area contributed by atoms with Crippen LogP contribution < -0.4 is 0 Å². The molecule has 0 radical (unpaired) electrons. The molecule has 7 nitrogen and oxygen atoms in total. The summed E-state index contributed by atoms with van der Waals surface area (Å²) in [6, 6.07) is 7.76. The number of aliphatic hydroxyl groups is 2. The minimum Gasteiger partial charge on any atom is -0.478 e. The molecule has 1 aromatic heterocycles. The van der Waals surface area contributed by atoms with Gasteiger partial charge < -0.3 is 19.7 Å². The van der Waals surface area contributed by atoms with Crippen LogP contribution in [-0.2, 0) is 9.59 Å². The summed E-state index contributed by atoms with van der Waals surface area (Å²) in [6.45, 7) is 7.71. The lowest BCUT2D eigenvalue weighted by Gasteiger charge is -2.45. The van der Waals surface area contributed by atoms with E-state index < -0.39 is 35.9 Å². The number of hydrogen-bond donors (Lipinski definition) is 3. The van der Waals surface area contributed by atoms with E-state index in [1.54, 1.807) is 18.2 Å². The number of carboxylic acids is 1. The third kappa shape index (κ3) is 5.15. The van der Waals surface area contributed by atoms with Crippen LogP contribution in [0.1, 0.15) is 75.4 Å². The monoisotopic (exact) mass is 516 g/mol. The summed E-state index contributed by atoms with van der Waals surface area (Å²) in [5.74, 6) is -3.35. The molecule has 5 atom stereocenters. The number of aromatic carboxylic acids is 1. The van der Waals surface area contributed by atoms with E-state index in [0.717, 1.165) is 0 Å². The van der Waals surface area contributed by atoms with E-state index in [9.17, 15) is 29.7 Å². The predicted octanol–water partition coefficient (Wildman–Crippen LogP) is 5.11. The summed E-state index contributed by atoms with van der Waals surface area (Å²) < 4.78 is 6.16. The van der Waals surface area contributed by atoms with Crippen molar-refractivity contribution in [2.45, 2.75) is 71.5 Å². The first-order valence-electron chi connectivity index (χ1n) is 12.2. The summed E-state index contributed by atoms with van der Waals surface area (Å²) in [5.41, 5.74) is -0.248. The van der Waals surface area contributed by atoms with Gasteiger partial charge in [-0.1, -0.05) is 45.4 Å². The van der Waals surface area contributed by atoms with E-state index in [1.165, 1.54) is 12.1 Å². The van der Waals surface area contributed by atoms with Gasteiger partial charge in [0.1, 0.15) is 23.1 Å². The van der Waals surface area contributed by atoms with Crippen molar-refractivity contribution >= 4 is 29.1 Å². The van der Waals surface area contributed by atoms with Gasteiger partial charge in [0.25, 0.3) is 0 Å². The largest absolute Gasteiger partial charge is 0.478 e. The highest BCUT2D eigenvalue weighted by Crippen LogP contribution is 2.50. The lowest BCUT2D eigenvalue weighted by Crippen LogP contribution is -2.51. The number of rotatable bonds is 5. The number of hydrogen-bond acceptors (Lipinski definition) is 6. The topological polar surface area (TPSA) is 125 Å². The highest BCUT2D eigenvalue weighted by molar-refractivity contribution is 6.33. The third-order valence-electron chi connectivity index (χ3n) is 7.61.